The van der Waals surface area contributed by atoms with Crippen molar-refractivity contribution in [1.29, 1.82) is 0 Å². The van der Waals surface area contributed by atoms with E-state index in [1.165, 1.54) is 42.5 Å². The van der Waals surface area contributed by atoms with Gasteiger partial charge in [-0.3, -0.25) is 4.79 Å². The third kappa shape index (κ3) is 3.72. The molecule has 3 aromatic rings. The van der Waals surface area contributed by atoms with E-state index in [0.717, 1.165) is 0 Å². The first-order valence-corrected chi connectivity index (χ1v) is 7.44. The highest BCUT2D eigenvalue weighted by Gasteiger charge is 2.19. The molecular weight excluding hydrogens is 364 g/mol. The third-order valence-electron chi connectivity index (χ3n) is 3.08. The van der Waals surface area contributed by atoms with Crippen LogP contribution in [0.5, 0.6) is 5.88 Å². The molecule has 0 atom stereocenters. The molecule has 0 saturated heterocycles. The number of halogens is 1. The van der Waals surface area contributed by atoms with Gasteiger partial charge in [0.05, 0.1) is 23.6 Å². The Morgan fingerprint density at radius 1 is 1.19 bits per heavy atom. The van der Waals surface area contributed by atoms with Crippen LogP contribution in [0.1, 0.15) is 10.4 Å². The molecule has 0 saturated carbocycles. The minimum atomic E-state index is -1.02. The number of primary amides is 1. The Balaban J connectivity index is 1.78. The average Bonchev–Trinajstić information content (AvgIpc) is 2.96. The average molecular weight is 375 g/mol. The molecule has 26 heavy (non-hydrogen) atoms. The van der Waals surface area contributed by atoms with Crippen molar-refractivity contribution in [2.75, 3.05) is 5.32 Å². The van der Waals surface area contributed by atoms with Gasteiger partial charge < -0.3 is 15.8 Å². The van der Waals surface area contributed by atoms with Gasteiger partial charge in [0.25, 0.3) is 11.8 Å². The first-order chi connectivity index (χ1) is 12.4. The van der Waals surface area contributed by atoms with E-state index in [9.17, 15) is 9.59 Å². The van der Waals surface area contributed by atoms with Gasteiger partial charge in [0.2, 0.25) is 0 Å². The molecule has 3 heterocycles. The number of aryl methyl sites for hydroxylation is 1. The van der Waals surface area contributed by atoms with E-state index in [2.05, 4.69) is 30.6 Å². The SMILES string of the molecule is Cn1nnc(-c2ncc(NC(=O)c3ccc(Cl)nc3)cn2)c1OC(N)=O. The smallest absolute Gasteiger partial charge is 0.389 e. The van der Waals surface area contributed by atoms with Crippen LogP contribution in [0.25, 0.3) is 11.5 Å². The number of carbonyl (C=O) groups is 2. The Hall–Kier alpha value is -3.60. The fourth-order valence-electron chi connectivity index (χ4n) is 1.93. The van der Waals surface area contributed by atoms with Crippen LogP contribution in [-0.4, -0.2) is 41.9 Å². The molecule has 2 amide bonds. The number of aromatic nitrogens is 6. The van der Waals surface area contributed by atoms with E-state index in [-0.39, 0.29) is 22.6 Å². The van der Waals surface area contributed by atoms with Crippen molar-refractivity contribution in [3.8, 4) is 17.4 Å². The molecule has 0 fully saturated rings. The van der Waals surface area contributed by atoms with E-state index >= 15 is 0 Å². The molecule has 0 aromatic carbocycles. The van der Waals surface area contributed by atoms with Gasteiger partial charge >= 0.3 is 6.09 Å². The van der Waals surface area contributed by atoms with Gasteiger partial charge in [-0.2, -0.15) is 0 Å². The zero-order chi connectivity index (χ0) is 18.7. The molecule has 3 N–H and O–H groups in total. The van der Waals surface area contributed by atoms with Crippen molar-refractivity contribution in [2.45, 2.75) is 0 Å². The number of ether oxygens (including phenoxy) is 1. The fraction of sp³-hybridized carbons (Fsp3) is 0.0714. The lowest BCUT2D eigenvalue weighted by molar-refractivity contribution is 0.102. The van der Waals surface area contributed by atoms with Crippen molar-refractivity contribution >= 4 is 29.3 Å². The Morgan fingerprint density at radius 2 is 1.92 bits per heavy atom. The van der Waals surface area contributed by atoms with E-state index < -0.39 is 12.0 Å². The molecule has 0 bridgehead atoms. The van der Waals surface area contributed by atoms with Crippen LogP contribution in [0.4, 0.5) is 10.5 Å². The molecule has 0 aliphatic rings. The lowest BCUT2D eigenvalue weighted by Gasteiger charge is -2.05. The van der Waals surface area contributed by atoms with Gasteiger partial charge in [-0.1, -0.05) is 16.8 Å². The minimum Gasteiger partial charge on any atom is -0.389 e. The number of amides is 2. The number of hydrogen-bond acceptors (Lipinski definition) is 8. The summed E-state index contributed by atoms with van der Waals surface area (Å²) < 4.78 is 6.06. The molecule has 132 valence electrons. The molecule has 3 aromatic heterocycles. The molecule has 0 aliphatic heterocycles. The van der Waals surface area contributed by atoms with Crippen LogP contribution in [0, 0.1) is 0 Å². The first-order valence-electron chi connectivity index (χ1n) is 7.06. The summed E-state index contributed by atoms with van der Waals surface area (Å²) in [6.45, 7) is 0. The second-order valence-corrected chi connectivity index (χ2v) is 5.29. The summed E-state index contributed by atoms with van der Waals surface area (Å²) in [6, 6.07) is 3.04. The van der Waals surface area contributed by atoms with E-state index in [1.807, 2.05) is 0 Å². The topological polar surface area (TPSA) is 151 Å². The van der Waals surface area contributed by atoms with Gasteiger partial charge in [0.1, 0.15) is 5.15 Å². The second kappa shape index (κ2) is 7.11. The number of hydrogen-bond donors (Lipinski definition) is 2. The van der Waals surface area contributed by atoms with Crippen molar-refractivity contribution in [3.05, 3.63) is 41.4 Å². The number of nitrogens with one attached hydrogen (secondary N) is 1. The van der Waals surface area contributed by atoms with Crippen LogP contribution in [0.15, 0.2) is 30.7 Å². The summed E-state index contributed by atoms with van der Waals surface area (Å²) in [6.07, 6.45) is 3.07. The monoisotopic (exact) mass is 374 g/mol. The normalized spacial score (nSPS) is 10.4. The lowest BCUT2D eigenvalue weighted by atomic mass is 10.2. The Kier molecular flexibility index (Phi) is 4.71. The van der Waals surface area contributed by atoms with Crippen molar-refractivity contribution in [1.82, 2.24) is 29.9 Å². The lowest BCUT2D eigenvalue weighted by Crippen LogP contribution is -2.18. The minimum absolute atomic E-state index is 0.00141. The van der Waals surface area contributed by atoms with Crippen LogP contribution in [0.2, 0.25) is 5.15 Å². The number of nitrogens with two attached hydrogens (primary N) is 1. The van der Waals surface area contributed by atoms with Crippen LogP contribution in [-0.2, 0) is 7.05 Å². The van der Waals surface area contributed by atoms with Crippen molar-refractivity contribution < 1.29 is 14.3 Å². The Bertz CT molecular complexity index is 955. The van der Waals surface area contributed by atoms with Crippen LogP contribution < -0.4 is 15.8 Å². The predicted molar refractivity (Wildman–Crippen MR) is 89.4 cm³/mol. The highest BCUT2D eigenvalue weighted by molar-refractivity contribution is 6.29. The largest absolute Gasteiger partial charge is 0.411 e. The highest BCUT2D eigenvalue weighted by Crippen LogP contribution is 2.24. The number of nitrogens with zero attached hydrogens (tertiary/aromatic N) is 6. The molecule has 0 unspecified atom stereocenters. The zero-order valence-corrected chi connectivity index (χ0v) is 14.0. The second-order valence-electron chi connectivity index (χ2n) is 4.91. The molecule has 0 aliphatic carbocycles. The number of anilines is 1. The van der Waals surface area contributed by atoms with Crippen molar-refractivity contribution in [3.63, 3.8) is 0 Å². The standard InChI is InChI=1S/C14H11ClN8O3/c1-23-13(26-14(16)25)10(21-22-23)11-18-5-8(6-19-11)20-12(24)7-2-3-9(15)17-4-7/h2-6H,1H3,(H2,16,25)(H,20,24). The number of pyridine rings is 1. The van der Waals surface area contributed by atoms with Gasteiger partial charge in [0.15, 0.2) is 11.5 Å². The van der Waals surface area contributed by atoms with Gasteiger partial charge in [-0.15, -0.1) is 5.10 Å². The van der Waals surface area contributed by atoms with Gasteiger partial charge in [-0.25, -0.2) is 24.4 Å². The summed E-state index contributed by atoms with van der Waals surface area (Å²) in [5, 5.41) is 10.5. The fourth-order valence-corrected chi connectivity index (χ4v) is 2.04. The van der Waals surface area contributed by atoms with E-state index in [4.69, 9.17) is 22.1 Å². The molecular formula is C14H11ClN8O3. The Morgan fingerprint density at radius 3 is 2.54 bits per heavy atom. The summed E-state index contributed by atoms with van der Waals surface area (Å²) in [5.41, 5.74) is 5.81. The van der Waals surface area contributed by atoms with E-state index in [1.54, 1.807) is 0 Å². The molecule has 11 nitrogen and oxygen atoms in total. The third-order valence-corrected chi connectivity index (χ3v) is 3.31. The maximum Gasteiger partial charge on any atom is 0.411 e. The summed E-state index contributed by atoms with van der Waals surface area (Å²) >= 11 is 5.68. The van der Waals surface area contributed by atoms with Crippen molar-refractivity contribution in [2.24, 2.45) is 12.8 Å². The molecule has 0 spiro atoms. The quantitative estimate of drug-likeness (QED) is 0.642. The van der Waals surface area contributed by atoms with Gasteiger partial charge in [0, 0.05) is 13.2 Å². The zero-order valence-electron chi connectivity index (χ0n) is 13.3. The summed E-state index contributed by atoms with van der Waals surface area (Å²) in [5.74, 6) is -0.259. The van der Waals surface area contributed by atoms with Gasteiger partial charge in [-0.05, 0) is 12.1 Å². The van der Waals surface area contributed by atoms with Crippen LogP contribution >= 0.6 is 11.6 Å². The Labute approximate surface area is 151 Å². The maximum absolute atomic E-state index is 12.1. The highest BCUT2D eigenvalue weighted by atomic mass is 35.5. The number of rotatable bonds is 4. The molecule has 12 heteroatoms. The predicted octanol–water partition coefficient (Wildman–Crippen LogP) is 1.03. The summed E-state index contributed by atoms with van der Waals surface area (Å²) in [7, 11) is 1.52. The van der Waals surface area contributed by atoms with E-state index in [0.29, 0.717) is 11.3 Å². The number of carbonyl (C=O) groups excluding carboxylic acids is 2. The maximum atomic E-state index is 12.1. The first kappa shape index (κ1) is 17.2. The van der Waals surface area contributed by atoms with Crippen LogP contribution in [0.3, 0.4) is 0 Å². The molecule has 3 rings (SSSR count). The molecule has 0 radical (unpaired) electrons. The summed E-state index contributed by atoms with van der Waals surface area (Å²) in [4.78, 5) is 35.1.